The van der Waals surface area contributed by atoms with Crippen molar-refractivity contribution < 1.29 is 32.3 Å². The average Bonchev–Trinajstić information content (AvgIpc) is 4.09. The Kier molecular flexibility index (Phi) is 10.6. The molecule has 2 aliphatic heterocycles. The smallest absolute Gasteiger partial charge is 0.259 e. The molecule has 0 bridgehead atoms. The molecule has 4 fully saturated rings. The molecule has 0 unspecified atom stereocenters. The zero-order chi connectivity index (χ0) is 41.0. The number of nitrogens with zero attached hydrogens (tertiary/aromatic N) is 3. The lowest BCUT2D eigenvalue weighted by Gasteiger charge is -2.36. The van der Waals surface area contributed by atoms with E-state index in [-0.39, 0.29) is 37.6 Å². The molecule has 3 aromatic rings. The molecule has 1 aromatic heterocycles. The number of hydrogen-bond donors (Lipinski definition) is 2. The Morgan fingerprint density at radius 2 is 1.76 bits per heavy atom. The summed E-state index contributed by atoms with van der Waals surface area (Å²) in [7, 11) is -3.89. The maximum Gasteiger partial charge on any atom is 0.259 e. The van der Waals surface area contributed by atoms with Gasteiger partial charge >= 0.3 is 0 Å². The van der Waals surface area contributed by atoms with Crippen molar-refractivity contribution in [3.05, 3.63) is 72.3 Å². The lowest BCUT2D eigenvalue weighted by Crippen LogP contribution is -2.57. The highest BCUT2D eigenvalue weighted by Crippen LogP contribution is 2.46. The summed E-state index contributed by atoms with van der Waals surface area (Å²) in [4.78, 5) is 65.4. The summed E-state index contributed by atoms with van der Waals surface area (Å²) in [5.74, 6) is -2.44. The fraction of sp³-hybridized carbons (Fsp3) is 0.533. The van der Waals surface area contributed by atoms with Crippen molar-refractivity contribution in [3.63, 3.8) is 0 Å². The van der Waals surface area contributed by atoms with Crippen LogP contribution in [0.25, 0.3) is 22.2 Å². The molecule has 3 heterocycles. The van der Waals surface area contributed by atoms with Gasteiger partial charge in [-0.25, -0.2) is 13.4 Å². The number of benzene rings is 2. The van der Waals surface area contributed by atoms with E-state index >= 15 is 0 Å². The van der Waals surface area contributed by atoms with Gasteiger partial charge in [-0.1, -0.05) is 63.2 Å². The number of aromatic nitrogens is 1. The minimum atomic E-state index is -3.89. The van der Waals surface area contributed by atoms with Crippen molar-refractivity contribution >= 4 is 44.6 Å². The van der Waals surface area contributed by atoms with Crippen molar-refractivity contribution in [1.29, 1.82) is 0 Å². The molecular formula is C45H55N5O7S. The third kappa shape index (κ3) is 7.86. The standard InChI is InChI=1S/C45H55N5O7S/c1-5-30-26-45(30,43(54)48-58(55,56)32-18-19-32)47-41(52)37-23-31(27-50(37)42(53)35(44(2,3)4)24-39(51)49-21-10-7-11-22-49)57-38-25-36(29-13-8-6-9-14-29)46-40-33-16-12-15-28(33)17-20-34(38)40/h5-6,8-9,13-14,17,20,25,30-32,35,37H,1,7,10-12,15-16,18-19,21-24,26-27H2,2-4H3,(H,47,52)(H,48,54)/t30-,31-,35-,37+,45-/m1/s1. The highest BCUT2D eigenvalue weighted by atomic mass is 32.2. The quantitative estimate of drug-likeness (QED) is 0.228. The Balaban J connectivity index is 1.12. The van der Waals surface area contributed by atoms with Gasteiger partial charge in [-0.2, -0.15) is 0 Å². The van der Waals surface area contributed by atoms with E-state index < -0.39 is 62.0 Å². The molecule has 4 amide bonds. The molecule has 3 aliphatic carbocycles. The molecule has 5 aliphatic rings. The van der Waals surface area contributed by atoms with Crippen LogP contribution in [0.4, 0.5) is 0 Å². The van der Waals surface area contributed by atoms with Crippen LogP contribution in [0.2, 0.25) is 0 Å². The van der Waals surface area contributed by atoms with Gasteiger partial charge in [-0.15, -0.1) is 6.58 Å². The number of sulfonamides is 1. The van der Waals surface area contributed by atoms with E-state index in [9.17, 15) is 27.6 Å². The number of likely N-dealkylation sites (tertiary alicyclic amines) is 2. The highest BCUT2D eigenvalue weighted by molar-refractivity contribution is 7.91. The maximum atomic E-state index is 14.9. The van der Waals surface area contributed by atoms with Crippen LogP contribution in [0.3, 0.4) is 0 Å². The number of fused-ring (bicyclic) bond motifs is 3. The summed E-state index contributed by atoms with van der Waals surface area (Å²) in [5.41, 5.74) is 2.91. The summed E-state index contributed by atoms with van der Waals surface area (Å²) in [6, 6.07) is 14.9. The van der Waals surface area contributed by atoms with Gasteiger partial charge in [0.1, 0.15) is 23.4 Å². The maximum absolute atomic E-state index is 14.9. The second kappa shape index (κ2) is 15.4. The fourth-order valence-corrected chi connectivity index (χ4v) is 10.5. The highest BCUT2D eigenvalue weighted by Gasteiger charge is 2.62. The number of carbonyl (C=O) groups is 4. The Morgan fingerprint density at radius 3 is 2.43 bits per heavy atom. The molecule has 308 valence electrons. The summed E-state index contributed by atoms with van der Waals surface area (Å²) in [6.45, 7) is 11.0. The third-order valence-electron chi connectivity index (χ3n) is 12.9. The van der Waals surface area contributed by atoms with Crippen LogP contribution in [-0.2, 0) is 42.0 Å². The Hall–Kier alpha value is -4.78. The normalized spacial score (nSPS) is 24.8. The SMILES string of the molecule is C=C[C@@H]1C[C@]1(NC(=O)[C@@H]1C[C@@H](Oc2cc(-c3ccccc3)nc3c4c(ccc23)CCC4)CN1C(=O)[C@@H](CC(=O)N1CCCCC1)C(C)(C)C)C(=O)NS(=O)(=O)C1CC1. The first-order chi connectivity index (χ1) is 27.7. The Morgan fingerprint density at radius 1 is 1.02 bits per heavy atom. The van der Waals surface area contributed by atoms with Crippen LogP contribution in [0.1, 0.15) is 89.7 Å². The van der Waals surface area contributed by atoms with Crippen molar-refractivity contribution in [3.8, 4) is 17.0 Å². The number of rotatable bonds is 12. The molecule has 2 saturated heterocycles. The van der Waals surface area contributed by atoms with Gasteiger partial charge in [0.25, 0.3) is 5.91 Å². The molecule has 0 radical (unpaired) electrons. The van der Waals surface area contributed by atoms with E-state index in [2.05, 4.69) is 22.7 Å². The summed E-state index contributed by atoms with van der Waals surface area (Å²) in [5, 5.41) is 3.13. The van der Waals surface area contributed by atoms with Crippen LogP contribution >= 0.6 is 0 Å². The molecular weight excluding hydrogens is 755 g/mol. The minimum absolute atomic E-state index is 0.00312. The van der Waals surface area contributed by atoms with Crippen LogP contribution < -0.4 is 14.8 Å². The lowest BCUT2D eigenvalue weighted by atomic mass is 9.77. The van der Waals surface area contributed by atoms with Gasteiger partial charge in [0, 0.05) is 48.9 Å². The van der Waals surface area contributed by atoms with E-state index in [0.717, 1.165) is 60.7 Å². The van der Waals surface area contributed by atoms with Crippen LogP contribution in [0.15, 0.2) is 61.2 Å². The van der Waals surface area contributed by atoms with E-state index in [1.807, 2.05) is 68.1 Å². The second-order valence-electron chi connectivity index (χ2n) is 18.1. The molecule has 2 N–H and O–H groups in total. The number of nitrogens with one attached hydrogen (secondary N) is 2. The van der Waals surface area contributed by atoms with Gasteiger partial charge < -0.3 is 19.9 Å². The fourth-order valence-electron chi connectivity index (χ4n) is 9.17. The summed E-state index contributed by atoms with van der Waals surface area (Å²) >= 11 is 0. The number of pyridine rings is 1. The number of hydrogen-bond acceptors (Lipinski definition) is 8. The Bertz CT molecular complexity index is 2250. The van der Waals surface area contributed by atoms with E-state index in [0.29, 0.717) is 31.7 Å². The summed E-state index contributed by atoms with van der Waals surface area (Å²) < 4.78 is 34.8. The molecule has 8 rings (SSSR count). The van der Waals surface area contributed by atoms with E-state index in [4.69, 9.17) is 9.72 Å². The first kappa shape index (κ1) is 40.0. The molecule has 58 heavy (non-hydrogen) atoms. The van der Waals surface area contributed by atoms with Gasteiger partial charge in [0.15, 0.2) is 0 Å². The second-order valence-corrected chi connectivity index (χ2v) is 20.0. The molecule has 2 aromatic carbocycles. The molecule has 2 saturated carbocycles. The molecule has 12 nitrogen and oxygen atoms in total. The van der Waals surface area contributed by atoms with Crippen molar-refractivity contribution in [2.75, 3.05) is 19.6 Å². The Labute approximate surface area is 341 Å². The summed E-state index contributed by atoms with van der Waals surface area (Å²) in [6.07, 6.45) is 8.04. The zero-order valence-corrected chi connectivity index (χ0v) is 34.6. The molecule has 5 atom stereocenters. The van der Waals surface area contributed by atoms with Crippen LogP contribution in [-0.4, -0.2) is 89.4 Å². The number of piperidine rings is 1. The number of aryl methyl sites for hydroxylation is 2. The number of amides is 4. The van der Waals surface area contributed by atoms with Crippen molar-refractivity contribution in [2.24, 2.45) is 17.3 Å². The average molecular weight is 810 g/mol. The van der Waals surface area contributed by atoms with E-state index in [1.165, 1.54) is 16.0 Å². The first-order valence-corrected chi connectivity index (χ1v) is 22.5. The predicted octanol–water partition coefficient (Wildman–Crippen LogP) is 5.47. The minimum Gasteiger partial charge on any atom is -0.488 e. The largest absolute Gasteiger partial charge is 0.488 e. The topological polar surface area (TPSA) is 155 Å². The zero-order valence-electron chi connectivity index (χ0n) is 33.8. The predicted molar refractivity (Wildman–Crippen MR) is 221 cm³/mol. The van der Waals surface area contributed by atoms with Crippen molar-refractivity contribution in [2.45, 2.75) is 114 Å². The first-order valence-electron chi connectivity index (χ1n) is 20.9. The number of carbonyl (C=O) groups excluding carboxylic acids is 4. The van der Waals surface area contributed by atoms with Crippen LogP contribution in [0.5, 0.6) is 5.75 Å². The number of ether oxygens (including phenoxy) is 1. The third-order valence-corrected chi connectivity index (χ3v) is 14.7. The van der Waals surface area contributed by atoms with Crippen LogP contribution in [0, 0.1) is 17.3 Å². The van der Waals surface area contributed by atoms with Gasteiger partial charge in [0.2, 0.25) is 27.7 Å². The van der Waals surface area contributed by atoms with Crippen molar-refractivity contribution in [1.82, 2.24) is 24.8 Å². The van der Waals surface area contributed by atoms with Gasteiger partial charge in [-0.05, 0) is 80.4 Å². The van der Waals surface area contributed by atoms with Gasteiger partial charge in [-0.3, -0.25) is 23.9 Å². The van der Waals surface area contributed by atoms with E-state index in [1.54, 1.807) is 6.08 Å². The molecule has 13 heteroatoms. The molecule has 0 spiro atoms. The monoisotopic (exact) mass is 809 g/mol. The van der Waals surface area contributed by atoms with Gasteiger partial charge in [0.05, 0.1) is 28.9 Å². The lowest BCUT2D eigenvalue weighted by molar-refractivity contribution is -0.148.